The molecule has 3 heteroatoms. The Bertz CT molecular complexity index is 158. The van der Waals surface area contributed by atoms with Crippen molar-refractivity contribution in [1.29, 1.82) is 0 Å². The molecule has 0 fully saturated rings. The smallest absolute Gasteiger partial charge is 0.234 e. The predicted molar refractivity (Wildman–Crippen MR) is 50.7 cm³/mol. The second-order valence-electron chi connectivity index (χ2n) is 4.52. The maximum absolute atomic E-state index is 11.0. The summed E-state index contributed by atoms with van der Waals surface area (Å²) in [6.07, 6.45) is 0. The maximum Gasteiger partial charge on any atom is 0.234 e. The summed E-state index contributed by atoms with van der Waals surface area (Å²) in [5, 5.41) is 3.18. The minimum Gasteiger partial charge on any atom is -0.368 e. The first kappa shape index (κ1) is 11.4. The zero-order chi connectivity index (χ0) is 9.94. The molecule has 0 radical (unpaired) electrons. The number of carbonyl (C=O) groups is 1. The number of amides is 1. The maximum atomic E-state index is 11.0. The van der Waals surface area contributed by atoms with Gasteiger partial charge in [0.15, 0.2) is 0 Å². The summed E-state index contributed by atoms with van der Waals surface area (Å²) in [6, 6.07) is -0.231. The van der Waals surface area contributed by atoms with E-state index in [4.69, 9.17) is 5.73 Å². The zero-order valence-corrected chi connectivity index (χ0v) is 8.64. The van der Waals surface area contributed by atoms with Crippen molar-refractivity contribution in [3.8, 4) is 0 Å². The van der Waals surface area contributed by atoms with E-state index in [9.17, 15) is 4.79 Å². The Balaban J connectivity index is 4.25. The van der Waals surface area contributed by atoms with Crippen LogP contribution in [-0.2, 0) is 4.79 Å². The molecule has 0 heterocycles. The van der Waals surface area contributed by atoms with Crippen LogP contribution in [-0.4, -0.2) is 17.5 Å². The number of rotatable bonds is 3. The van der Waals surface area contributed by atoms with E-state index in [1.165, 1.54) is 0 Å². The van der Waals surface area contributed by atoms with E-state index < -0.39 is 0 Å². The first-order valence-electron chi connectivity index (χ1n) is 4.31. The van der Waals surface area contributed by atoms with Gasteiger partial charge in [-0.2, -0.15) is 0 Å². The molecule has 3 nitrogen and oxygen atoms in total. The van der Waals surface area contributed by atoms with Gasteiger partial charge in [0.2, 0.25) is 5.91 Å². The zero-order valence-electron chi connectivity index (χ0n) is 8.64. The fourth-order valence-corrected chi connectivity index (χ4v) is 1.03. The van der Waals surface area contributed by atoms with Crippen LogP contribution in [0.3, 0.4) is 0 Å². The summed E-state index contributed by atoms with van der Waals surface area (Å²) in [6.45, 7) is 10.0. The largest absolute Gasteiger partial charge is 0.368 e. The van der Waals surface area contributed by atoms with Crippen molar-refractivity contribution in [1.82, 2.24) is 5.32 Å². The Morgan fingerprint density at radius 3 is 1.83 bits per heavy atom. The summed E-state index contributed by atoms with van der Waals surface area (Å²) in [5.41, 5.74) is 5.18. The molecule has 0 unspecified atom stereocenters. The summed E-state index contributed by atoms with van der Waals surface area (Å²) < 4.78 is 0. The third-order valence-corrected chi connectivity index (χ3v) is 1.56. The van der Waals surface area contributed by atoms with Crippen LogP contribution in [0.15, 0.2) is 0 Å². The average molecular weight is 172 g/mol. The lowest BCUT2D eigenvalue weighted by Gasteiger charge is -2.28. The van der Waals surface area contributed by atoms with Crippen LogP contribution >= 0.6 is 0 Å². The molecule has 0 spiro atoms. The van der Waals surface area contributed by atoms with Gasteiger partial charge < -0.3 is 11.1 Å². The molecule has 0 saturated heterocycles. The van der Waals surface area contributed by atoms with Gasteiger partial charge in [0, 0.05) is 5.54 Å². The molecule has 72 valence electrons. The quantitative estimate of drug-likeness (QED) is 0.664. The van der Waals surface area contributed by atoms with Crippen molar-refractivity contribution in [2.24, 2.45) is 11.7 Å². The Morgan fingerprint density at radius 1 is 1.33 bits per heavy atom. The molecule has 0 bridgehead atoms. The molecular weight excluding hydrogens is 152 g/mol. The highest BCUT2D eigenvalue weighted by atomic mass is 16.1. The molecule has 0 aliphatic carbocycles. The Morgan fingerprint density at radius 2 is 1.75 bits per heavy atom. The van der Waals surface area contributed by atoms with Gasteiger partial charge in [0.25, 0.3) is 0 Å². The van der Waals surface area contributed by atoms with Gasteiger partial charge in [-0.25, -0.2) is 0 Å². The summed E-state index contributed by atoms with van der Waals surface area (Å²) in [5.74, 6) is -0.0401. The van der Waals surface area contributed by atoms with Crippen molar-refractivity contribution >= 4 is 5.91 Å². The highest BCUT2D eigenvalue weighted by Crippen LogP contribution is 2.07. The molecule has 0 aromatic heterocycles. The van der Waals surface area contributed by atoms with E-state index in [1.54, 1.807) is 0 Å². The first-order chi connectivity index (χ1) is 5.24. The van der Waals surface area contributed by atoms with Gasteiger partial charge in [-0.1, -0.05) is 13.8 Å². The fourth-order valence-electron chi connectivity index (χ4n) is 1.03. The van der Waals surface area contributed by atoms with Crippen molar-refractivity contribution in [3.05, 3.63) is 0 Å². The van der Waals surface area contributed by atoms with Crippen LogP contribution in [0.1, 0.15) is 34.6 Å². The monoisotopic (exact) mass is 172 g/mol. The van der Waals surface area contributed by atoms with Gasteiger partial charge in [0.1, 0.15) is 0 Å². The lowest BCUT2D eigenvalue weighted by molar-refractivity contribution is -0.121. The van der Waals surface area contributed by atoms with E-state index in [2.05, 4.69) is 5.32 Å². The van der Waals surface area contributed by atoms with Crippen LogP contribution < -0.4 is 11.1 Å². The minimum atomic E-state index is -0.278. The number of nitrogens with one attached hydrogen (secondary N) is 1. The molecule has 1 amide bonds. The summed E-state index contributed by atoms with van der Waals surface area (Å²) in [7, 11) is 0. The second kappa shape index (κ2) is 3.90. The third-order valence-electron chi connectivity index (χ3n) is 1.56. The van der Waals surface area contributed by atoms with E-state index in [1.807, 2.05) is 34.6 Å². The Kier molecular flexibility index (Phi) is 3.71. The highest BCUT2D eigenvalue weighted by molar-refractivity contribution is 5.80. The van der Waals surface area contributed by atoms with Crippen LogP contribution in [0.5, 0.6) is 0 Å². The average Bonchev–Trinajstić information content (AvgIpc) is 1.79. The van der Waals surface area contributed by atoms with Gasteiger partial charge in [0.05, 0.1) is 6.04 Å². The molecular formula is C9H20N2O. The van der Waals surface area contributed by atoms with E-state index >= 15 is 0 Å². The van der Waals surface area contributed by atoms with Crippen LogP contribution in [0.2, 0.25) is 0 Å². The number of carbonyl (C=O) groups excluding carboxylic acids is 1. The molecule has 3 N–H and O–H groups in total. The number of primary amides is 1. The van der Waals surface area contributed by atoms with Crippen molar-refractivity contribution in [2.45, 2.75) is 46.2 Å². The van der Waals surface area contributed by atoms with Crippen molar-refractivity contribution in [2.75, 3.05) is 0 Å². The molecule has 0 aliphatic rings. The van der Waals surface area contributed by atoms with Gasteiger partial charge in [-0.3, -0.25) is 4.79 Å². The number of hydrogen-bond donors (Lipinski definition) is 2. The highest BCUT2D eigenvalue weighted by Gasteiger charge is 2.24. The molecule has 1 atom stereocenters. The first-order valence-corrected chi connectivity index (χ1v) is 4.31. The molecule has 12 heavy (non-hydrogen) atoms. The Labute approximate surface area is 74.7 Å². The van der Waals surface area contributed by atoms with Crippen LogP contribution in [0.25, 0.3) is 0 Å². The van der Waals surface area contributed by atoms with E-state index in [-0.39, 0.29) is 23.4 Å². The topological polar surface area (TPSA) is 55.1 Å². The van der Waals surface area contributed by atoms with Crippen LogP contribution in [0.4, 0.5) is 0 Å². The SMILES string of the molecule is CC(C)[C@@H](NC(C)(C)C)C(N)=O. The van der Waals surface area contributed by atoms with Crippen molar-refractivity contribution < 1.29 is 4.79 Å². The fraction of sp³-hybridized carbons (Fsp3) is 0.889. The van der Waals surface area contributed by atoms with Gasteiger partial charge in [-0.15, -0.1) is 0 Å². The summed E-state index contributed by atoms with van der Waals surface area (Å²) in [4.78, 5) is 11.0. The molecule has 0 aromatic carbocycles. The normalized spacial score (nSPS) is 14.8. The second-order valence-corrected chi connectivity index (χ2v) is 4.52. The predicted octanol–water partition coefficient (Wildman–Crippen LogP) is 0.884. The third kappa shape index (κ3) is 4.34. The molecule has 0 rings (SSSR count). The Hall–Kier alpha value is -0.570. The molecule has 0 aromatic rings. The summed E-state index contributed by atoms with van der Waals surface area (Å²) >= 11 is 0. The molecule has 0 aliphatic heterocycles. The number of hydrogen-bond acceptors (Lipinski definition) is 2. The number of nitrogens with two attached hydrogens (primary N) is 1. The minimum absolute atomic E-state index is 0.0655. The lowest BCUT2D eigenvalue weighted by Crippen LogP contribution is -2.52. The van der Waals surface area contributed by atoms with E-state index in [0.29, 0.717) is 0 Å². The van der Waals surface area contributed by atoms with E-state index in [0.717, 1.165) is 0 Å². The lowest BCUT2D eigenvalue weighted by atomic mass is 9.99. The van der Waals surface area contributed by atoms with Gasteiger partial charge >= 0.3 is 0 Å². The standard InChI is InChI=1S/C9H20N2O/c1-6(2)7(8(10)12)11-9(3,4)5/h6-7,11H,1-5H3,(H2,10,12)/t7-/m1/s1. The van der Waals surface area contributed by atoms with Crippen LogP contribution in [0, 0.1) is 5.92 Å². The van der Waals surface area contributed by atoms with Crippen molar-refractivity contribution in [3.63, 3.8) is 0 Å². The molecule has 0 saturated carbocycles. The van der Waals surface area contributed by atoms with Gasteiger partial charge in [-0.05, 0) is 26.7 Å².